The van der Waals surface area contributed by atoms with Crippen LogP contribution >= 0.6 is 0 Å². The van der Waals surface area contributed by atoms with E-state index in [2.05, 4.69) is 32.0 Å². The minimum absolute atomic E-state index is 0.0622. The van der Waals surface area contributed by atoms with Gasteiger partial charge in [-0.25, -0.2) is 0 Å². The highest BCUT2D eigenvalue weighted by Gasteiger charge is 2.29. The van der Waals surface area contributed by atoms with Gasteiger partial charge in [0.15, 0.2) is 0 Å². The first-order valence-electron chi connectivity index (χ1n) is 5.69. The van der Waals surface area contributed by atoms with Gasteiger partial charge < -0.3 is 10.5 Å². The van der Waals surface area contributed by atoms with Crippen molar-refractivity contribution in [2.45, 2.75) is 38.8 Å². The van der Waals surface area contributed by atoms with E-state index in [4.69, 9.17) is 10.5 Å². The first kappa shape index (κ1) is 10.7. The molecule has 2 unspecified atom stereocenters. The lowest BCUT2D eigenvalue weighted by molar-refractivity contribution is 0.0441. The van der Waals surface area contributed by atoms with Gasteiger partial charge in [0.25, 0.3) is 0 Å². The number of rotatable bonds is 3. The predicted molar refractivity (Wildman–Crippen MR) is 61.8 cm³/mol. The smallest absolute Gasteiger partial charge is 0.0808 e. The van der Waals surface area contributed by atoms with E-state index in [-0.39, 0.29) is 12.1 Å². The van der Waals surface area contributed by atoms with Crippen molar-refractivity contribution in [1.82, 2.24) is 0 Å². The lowest BCUT2D eigenvalue weighted by Crippen LogP contribution is -2.25. The molecule has 0 bridgehead atoms. The maximum atomic E-state index is 6.16. The summed E-state index contributed by atoms with van der Waals surface area (Å²) in [5, 5.41) is 0. The summed E-state index contributed by atoms with van der Waals surface area (Å²) in [5.74, 6) is 0. The maximum Gasteiger partial charge on any atom is 0.0808 e. The van der Waals surface area contributed by atoms with Gasteiger partial charge in [0.05, 0.1) is 12.1 Å². The number of fused-ring (bicyclic) bond motifs is 1. The molecule has 1 aromatic rings. The Bertz CT molecular complexity index is 348. The van der Waals surface area contributed by atoms with Crippen LogP contribution in [0.5, 0.6) is 0 Å². The number of ether oxygens (including phenoxy) is 1. The van der Waals surface area contributed by atoms with E-state index in [1.807, 2.05) is 0 Å². The number of benzene rings is 1. The first-order chi connectivity index (χ1) is 7.22. The molecule has 2 nitrogen and oxygen atoms in total. The Kier molecular flexibility index (Phi) is 3.08. The van der Waals surface area contributed by atoms with Crippen molar-refractivity contribution in [3.8, 4) is 0 Å². The molecule has 0 amide bonds. The molecular weight excluding hydrogens is 186 g/mol. The molecule has 0 aliphatic heterocycles. The van der Waals surface area contributed by atoms with E-state index in [0.29, 0.717) is 0 Å². The van der Waals surface area contributed by atoms with Crippen LogP contribution in [0.15, 0.2) is 18.2 Å². The van der Waals surface area contributed by atoms with Crippen LogP contribution in [0, 0.1) is 6.92 Å². The second kappa shape index (κ2) is 4.33. The first-order valence-corrected chi connectivity index (χ1v) is 5.69. The molecule has 0 radical (unpaired) electrons. The fraction of sp³-hybridized carbons (Fsp3) is 0.538. The molecule has 0 fully saturated rings. The normalized spacial score (nSPS) is 24.2. The molecule has 1 aromatic carbocycles. The topological polar surface area (TPSA) is 35.2 Å². The fourth-order valence-electron chi connectivity index (χ4n) is 2.21. The molecule has 0 saturated carbocycles. The fourth-order valence-corrected chi connectivity index (χ4v) is 2.21. The molecule has 82 valence electrons. The summed E-state index contributed by atoms with van der Waals surface area (Å²) in [5.41, 5.74) is 10.1. The lowest BCUT2D eigenvalue weighted by Gasteiger charge is -2.16. The lowest BCUT2D eigenvalue weighted by atomic mass is 10.1. The Morgan fingerprint density at radius 2 is 2.27 bits per heavy atom. The van der Waals surface area contributed by atoms with Gasteiger partial charge in [0.1, 0.15) is 0 Å². The van der Waals surface area contributed by atoms with Crippen LogP contribution in [-0.4, -0.2) is 12.7 Å². The highest BCUT2D eigenvalue weighted by Crippen LogP contribution is 2.32. The zero-order chi connectivity index (χ0) is 10.8. The van der Waals surface area contributed by atoms with E-state index in [1.165, 1.54) is 16.7 Å². The van der Waals surface area contributed by atoms with E-state index in [0.717, 1.165) is 19.4 Å². The number of hydrogen-bond acceptors (Lipinski definition) is 2. The Morgan fingerprint density at radius 1 is 1.47 bits per heavy atom. The van der Waals surface area contributed by atoms with Gasteiger partial charge in [-0.05, 0) is 24.5 Å². The van der Waals surface area contributed by atoms with Crippen molar-refractivity contribution in [3.05, 3.63) is 34.9 Å². The highest BCUT2D eigenvalue weighted by atomic mass is 16.5. The average molecular weight is 205 g/mol. The van der Waals surface area contributed by atoms with Crippen LogP contribution in [0.25, 0.3) is 0 Å². The Balaban J connectivity index is 2.14. The van der Waals surface area contributed by atoms with Crippen LogP contribution in [0.3, 0.4) is 0 Å². The van der Waals surface area contributed by atoms with Crippen LogP contribution in [0.4, 0.5) is 0 Å². The van der Waals surface area contributed by atoms with Crippen molar-refractivity contribution >= 4 is 0 Å². The van der Waals surface area contributed by atoms with E-state index < -0.39 is 0 Å². The SMILES string of the molecule is CCCOC1Cc2cc(C)ccc2C1N. The van der Waals surface area contributed by atoms with Gasteiger partial charge in [0, 0.05) is 13.0 Å². The molecule has 1 aliphatic carbocycles. The van der Waals surface area contributed by atoms with Gasteiger partial charge in [-0.1, -0.05) is 30.7 Å². The Labute approximate surface area is 91.4 Å². The second-order valence-corrected chi connectivity index (χ2v) is 4.34. The van der Waals surface area contributed by atoms with Gasteiger partial charge >= 0.3 is 0 Å². The van der Waals surface area contributed by atoms with Crippen molar-refractivity contribution < 1.29 is 4.74 Å². The summed E-state index contributed by atoms with van der Waals surface area (Å²) < 4.78 is 5.76. The Morgan fingerprint density at radius 3 is 3.00 bits per heavy atom. The van der Waals surface area contributed by atoms with E-state index >= 15 is 0 Å². The highest BCUT2D eigenvalue weighted by molar-refractivity contribution is 5.39. The van der Waals surface area contributed by atoms with Crippen LogP contribution in [-0.2, 0) is 11.2 Å². The minimum atomic E-state index is 0.0622. The van der Waals surface area contributed by atoms with Gasteiger partial charge in [-0.3, -0.25) is 0 Å². The Hall–Kier alpha value is -0.860. The molecule has 2 heteroatoms. The molecule has 2 N–H and O–H groups in total. The standard InChI is InChI=1S/C13H19NO/c1-3-6-15-12-8-10-7-9(2)4-5-11(10)13(12)14/h4-5,7,12-13H,3,6,8,14H2,1-2H3. The molecule has 0 spiro atoms. The van der Waals surface area contributed by atoms with Gasteiger partial charge in [-0.2, -0.15) is 0 Å². The van der Waals surface area contributed by atoms with Gasteiger partial charge in [0.2, 0.25) is 0 Å². The van der Waals surface area contributed by atoms with Crippen LogP contribution in [0.2, 0.25) is 0 Å². The third-order valence-electron chi connectivity index (χ3n) is 3.02. The van der Waals surface area contributed by atoms with Crippen LogP contribution in [0.1, 0.15) is 36.1 Å². The van der Waals surface area contributed by atoms with Crippen LogP contribution < -0.4 is 5.73 Å². The molecular formula is C13H19NO. The summed E-state index contributed by atoms with van der Waals surface area (Å²) in [6, 6.07) is 6.56. The van der Waals surface area contributed by atoms with Gasteiger partial charge in [-0.15, -0.1) is 0 Å². The second-order valence-electron chi connectivity index (χ2n) is 4.34. The molecule has 2 atom stereocenters. The molecule has 2 rings (SSSR count). The van der Waals surface area contributed by atoms with E-state index in [1.54, 1.807) is 0 Å². The summed E-state index contributed by atoms with van der Waals surface area (Å²) >= 11 is 0. The van der Waals surface area contributed by atoms with Crippen molar-refractivity contribution in [2.24, 2.45) is 5.73 Å². The van der Waals surface area contributed by atoms with Crippen molar-refractivity contribution in [3.63, 3.8) is 0 Å². The quantitative estimate of drug-likeness (QED) is 0.822. The zero-order valence-electron chi connectivity index (χ0n) is 9.49. The molecule has 0 saturated heterocycles. The van der Waals surface area contributed by atoms with E-state index in [9.17, 15) is 0 Å². The monoisotopic (exact) mass is 205 g/mol. The zero-order valence-corrected chi connectivity index (χ0v) is 9.49. The number of aryl methyl sites for hydroxylation is 1. The molecule has 15 heavy (non-hydrogen) atoms. The number of nitrogens with two attached hydrogens (primary N) is 1. The molecule has 0 heterocycles. The predicted octanol–water partition coefficient (Wildman–Crippen LogP) is 2.35. The molecule has 1 aliphatic rings. The summed E-state index contributed by atoms with van der Waals surface area (Å²) in [4.78, 5) is 0. The summed E-state index contributed by atoms with van der Waals surface area (Å²) in [7, 11) is 0. The van der Waals surface area contributed by atoms with Crippen molar-refractivity contribution in [1.29, 1.82) is 0 Å². The maximum absolute atomic E-state index is 6.16. The minimum Gasteiger partial charge on any atom is -0.376 e. The van der Waals surface area contributed by atoms with Crippen molar-refractivity contribution in [2.75, 3.05) is 6.61 Å². The summed E-state index contributed by atoms with van der Waals surface area (Å²) in [6.45, 7) is 5.05. The third kappa shape index (κ3) is 2.06. The molecule has 0 aromatic heterocycles. The summed E-state index contributed by atoms with van der Waals surface area (Å²) in [6.07, 6.45) is 2.21. The average Bonchev–Trinajstić information content (AvgIpc) is 2.52. The largest absolute Gasteiger partial charge is 0.376 e. The number of hydrogen-bond donors (Lipinski definition) is 1. The third-order valence-corrected chi connectivity index (χ3v) is 3.02.